The quantitative estimate of drug-likeness (QED) is 0.493. The minimum Gasteiger partial charge on any atom is -0.444 e. The molecule has 2 aliphatic rings. The first-order chi connectivity index (χ1) is 17.6. The molecule has 8 heteroatoms. The van der Waals surface area contributed by atoms with Crippen LogP contribution in [-0.2, 0) is 11.2 Å². The fourth-order valence-corrected chi connectivity index (χ4v) is 5.66. The van der Waals surface area contributed by atoms with Crippen LogP contribution in [0.15, 0.2) is 48.5 Å². The molecule has 1 saturated heterocycles. The van der Waals surface area contributed by atoms with Gasteiger partial charge in [0.05, 0.1) is 11.6 Å². The number of nitrogens with one attached hydrogen (secondary N) is 1. The number of rotatable bonds is 6. The molecule has 4 rings (SSSR count). The number of halogens is 1. The van der Waals surface area contributed by atoms with E-state index < -0.39 is 11.7 Å². The summed E-state index contributed by atoms with van der Waals surface area (Å²) in [4.78, 5) is 29.5. The molecular weight excluding hydrogens is 488 g/mol. The van der Waals surface area contributed by atoms with Crippen molar-refractivity contribution in [2.75, 3.05) is 24.5 Å². The average molecular weight is 523 g/mol. The zero-order chi connectivity index (χ0) is 26.6. The van der Waals surface area contributed by atoms with Crippen LogP contribution in [0.1, 0.15) is 57.6 Å². The fraction of sp³-hybridized carbons (Fsp3) is 0.483. The van der Waals surface area contributed by atoms with Crippen molar-refractivity contribution in [1.29, 1.82) is 5.26 Å². The monoisotopic (exact) mass is 522 g/mol. The van der Waals surface area contributed by atoms with E-state index in [0.29, 0.717) is 30.2 Å². The van der Waals surface area contributed by atoms with Crippen molar-refractivity contribution in [2.24, 2.45) is 5.41 Å². The van der Waals surface area contributed by atoms with E-state index in [1.165, 1.54) is 0 Å². The number of urea groups is 1. The molecule has 7 nitrogen and oxygen atoms in total. The summed E-state index contributed by atoms with van der Waals surface area (Å²) >= 11 is 6.26. The van der Waals surface area contributed by atoms with Crippen molar-refractivity contribution in [3.8, 4) is 6.07 Å². The highest BCUT2D eigenvalue weighted by Crippen LogP contribution is 2.41. The van der Waals surface area contributed by atoms with E-state index in [9.17, 15) is 9.59 Å². The van der Waals surface area contributed by atoms with Crippen LogP contribution in [0.5, 0.6) is 0 Å². The van der Waals surface area contributed by atoms with Crippen molar-refractivity contribution >= 4 is 29.4 Å². The fourth-order valence-electron chi connectivity index (χ4n) is 5.44. The Morgan fingerprint density at radius 1 is 1.16 bits per heavy atom. The molecule has 1 N–H and O–H groups in total. The summed E-state index contributed by atoms with van der Waals surface area (Å²) in [5, 5.41) is 12.8. The second-order valence-electron chi connectivity index (χ2n) is 11.2. The number of hydrogen-bond acceptors (Lipinski definition) is 4. The highest BCUT2D eigenvalue weighted by atomic mass is 35.5. The Labute approximate surface area is 224 Å². The lowest BCUT2D eigenvalue weighted by molar-refractivity contribution is 0.0464. The molecule has 37 heavy (non-hydrogen) atoms. The summed E-state index contributed by atoms with van der Waals surface area (Å²) in [6.07, 6.45) is 3.86. The number of carbonyl (C=O) groups excluding carboxylic acids is 2. The van der Waals surface area contributed by atoms with Gasteiger partial charge in [-0.15, -0.1) is 0 Å². The van der Waals surface area contributed by atoms with Gasteiger partial charge in [-0.3, -0.25) is 4.90 Å². The van der Waals surface area contributed by atoms with Crippen LogP contribution < -0.4 is 10.2 Å². The van der Waals surface area contributed by atoms with Gasteiger partial charge in [0.25, 0.3) is 0 Å². The molecule has 0 unspecified atom stereocenters. The number of benzene rings is 2. The van der Waals surface area contributed by atoms with Crippen molar-refractivity contribution in [1.82, 2.24) is 10.2 Å². The predicted octanol–water partition coefficient (Wildman–Crippen LogP) is 6.15. The molecule has 2 fully saturated rings. The standard InChI is InChI=1S/C29H35ClN4O3/c1-28(2,3)37-26(35)32-20-29(18-22-5-4-6-23(30)17-22)13-11-25(12-14-29)34-16-15-33(27(34)36)24-9-7-21(19-31)8-10-24/h4-10,17,25H,11-16,18,20H2,1-3H3,(H,32,35). The molecule has 3 amide bonds. The zero-order valence-electron chi connectivity index (χ0n) is 21.8. The minimum atomic E-state index is -0.557. The van der Waals surface area contributed by atoms with E-state index >= 15 is 0 Å². The molecule has 2 aromatic rings. The largest absolute Gasteiger partial charge is 0.444 e. The SMILES string of the molecule is CC(C)(C)OC(=O)NCC1(Cc2cccc(Cl)c2)CCC(N2CCN(c3ccc(C#N)cc3)C2=O)CC1. The Balaban J connectivity index is 1.43. The number of amides is 3. The van der Waals surface area contributed by atoms with E-state index in [1.807, 2.05) is 56.0 Å². The number of anilines is 1. The van der Waals surface area contributed by atoms with Gasteiger partial charge in [0.15, 0.2) is 0 Å². The smallest absolute Gasteiger partial charge is 0.407 e. The molecule has 0 bridgehead atoms. The first kappa shape index (κ1) is 26.8. The summed E-state index contributed by atoms with van der Waals surface area (Å²) in [5.74, 6) is 0. The van der Waals surface area contributed by atoms with Crippen LogP contribution in [0.4, 0.5) is 15.3 Å². The summed E-state index contributed by atoms with van der Waals surface area (Å²) in [7, 11) is 0. The maximum absolute atomic E-state index is 13.3. The Morgan fingerprint density at radius 3 is 2.49 bits per heavy atom. The number of carbonyl (C=O) groups is 2. The predicted molar refractivity (Wildman–Crippen MR) is 145 cm³/mol. The van der Waals surface area contributed by atoms with Gasteiger partial charge in [-0.2, -0.15) is 5.26 Å². The third-order valence-corrected chi connectivity index (χ3v) is 7.52. The van der Waals surface area contributed by atoms with Crippen LogP contribution in [0.3, 0.4) is 0 Å². The van der Waals surface area contributed by atoms with Crippen LogP contribution in [0.2, 0.25) is 5.02 Å². The van der Waals surface area contributed by atoms with Gasteiger partial charge >= 0.3 is 12.1 Å². The Morgan fingerprint density at radius 2 is 1.86 bits per heavy atom. The van der Waals surface area contributed by atoms with Crippen LogP contribution in [-0.4, -0.2) is 48.3 Å². The summed E-state index contributed by atoms with van der Waals surface area (Å²) in [6, 6.07) is 17.3. The van der Waals surface area contributed by atoms with Crippen molar-refractivity contribution < 1.29 is 14.3 Å². The summed E-state index contributed by atoms with van der Waals surface area (Å²) in [5.41, 5.74) is 1.84. The van der Waals surface area contributed by atoms with Crippen LogP contribution in [0.25, 0.3) is 0 Å². The number of nitriles is 1. The number of nitrogens with zero attached hydrogens (tertiary/aromatic N) is 3. The van der Waals surface area contributed by atoms with E-state index in [0.717, 1.165) is 43.4 Å². The zero-order valence-corrected chi connectivity index (χ0v) is 22.6. The van der Waals surface area contributed by atoms with Crippen LogP contribution in [0, 0.1) is 16.7 Å². The maximum atomic E-state index is 13.3. The van der Waals surface area contributed by atoms with Gasteiger partial charge in [0.1, 0.15) is 5.60 Å². The highest BCUT2D eigenvalue weighted by Gasteiger charge is 2.41. The molecule has 196 valence electrons. The normalized spacial score (nSPS) is 22.0. The molecule has 1 aliphatic carbocycles. The Hall–Kier alpha value is -3.24. The lowest BCUT2D eigenvalue weighted by Crippen LogP contribution is -2.48. The lowest BCUT2D eigenvalue weighted by Gasteiger charge is -2.43. The van der Waals surface area contributed by atoms with Crippen molar-refractivity contribution in [2.45, 2.75) is 64.5 Å². The lowest BCUT2D eigenvalue weighted by atomic mass is 9.68. The molecule has 1 aliphatic heterocycles. The van der Waals surface area contributed by atoms with Gasteiger partial charge < -0.3 is 15.0 Å². The molecule has 0 radical (unpaired) electrons. The van der Waals surface area contributed by atoms with Gasteiger partial charge in [0, 0.05) is 36.4 Å². The first-order valence-corrected chi connectivity index (χ1v) is 13.2. The molecule has 0 spiro atoms. The van der Waals surface area contributed by atoms with Crippen molar-refractivity contribution in [3.05, 3.63) is 64.7 Å². The number of hydrogen-bond donors (Lipinski definition) is 1. The summed E-state index contributed by atoms with van der Waals surface area (Å²) < 4.78 is 5.48. The molecule has 2 aromatic carbocycles. The number of ether oxygens (including phenoxy) is 1. The number of alkyl carbamates (subject to hydrolysis) is 1. The van der Waals surface area contributed by atoms with Gasteiger partial charge in [0.2, 0.25) is 0 Å². The second-order valence-corrected chi connectivity index (χ2v) is 11.6. The van der Waals surface area contributed by atoms with E-state index in [1.54, 1.807) is 17.0 Å². The molecule has 0 aromatic heterocycles. The minimum absolute atomic E-state index is 0.0175. The molecule has 0 atom stereocenters. The third kappa shape index (κ3) is 6.75. The Kier molecular flexibility index (Phi) is 7.99. The van der Waals surface area contributed by atoms with Gasteiger partial charge in [-0.25, -0.2) is 9.59 Å². The van der Waals surface area contributed by atoms with Gasteiger partial charge in [-0.05, 0) is 100 Å². The topological polar surface area (TPSA) is 85.7 Å². The van der Waals surface area contributed by atoms with E-state index in [-0.39, 0.29) is 17.5 Å². The molecule has 1 heterocycles. The molecular formula is C29H35ClN4O3. The average Bonchev–Trinajstić information content (AvgIpc) is 3.23. The Bertz CT molecular complexity index is 1160. The second kappa shape index (κ2) is 11.0. The van der Waals surface area contributed by atoms with Crippen molar-refractivity contribution in [3.63, 3.8) is 0 Å². The summed E-state index contributed by atoms with van der Waals surface area (Å²) in [6.45, 7) is 7.39. The van der Waals surface area contributed by atoms with E-state index in [2.05, 4.69) is 17.5 Å². The first-order valence-electron chi connectivity index (χ1n) is 12.9. The van der Waals surface area contributed by atoms with Crippen LogP contribution >= 0.6 is 11.6 Å². The molecule has 1 saturated carbocycles. The third-order valence-electron chi connectivity index (χ3n) is 7.28. The highest BCUT2D eigenvalue weighted by molar-refractivity contribution is 6.30. The van der Waals surface area contributed by atoms with Gasteiger partial charge in [-0.1, -0.05) is 23.7 Å². The van der Waals surface area contributed by atoms with E-state index in [4.69, 9.17) is 21.6 Å². The maximum Gasteiger partial charge on any atom is 0.407 e.